The van der Waals surface area contributed by atoms with E-state index in [4.69, 9.17) is 9.47 Å². The zero-order chi connectivity index (χ0) is 19.0. The molecule has 1 N–H and O–H groups in total. The molecule has 0 saturated heterocycles. The summed E-state index contributed by atoms with van der Waals surface area (Å²) in [6.07, 6.45) is 1.62. The number of nitrogens with one attached hydrogen (secondary N) is 1. The fourth-order valence-corrected chi connectivity index (χ4v) is 3.19. The van der Waals surface area contributed by atoms with Crippen molar-refractivity contribution in [3.05, 3.63) is 70.8 Å². The van der Waals surface area contributed by atoms with Crippen LogP contribution in [-0.4, -0.2) is 29.0 Å². The molecule has 2 aromatic heterocycles. The van der Waals surface area contributed by atoms with Crippen molar-refractivity contribution in [2.24, 2.45) is 0 Å². The van der Waals surface area contributed by atoms with E-state index >= 15 is 0 Å². The zero-order valence-electron chi connectivity index (χ0n) is 15.3. The van der Waals surface area contributed by atoms with Gasteiger partial charge in [0.25, 0.3) is 5.56 Å². The third kappa shape index (κ3) is 2.85. The van der Waals surface area contributed by atoms with Crippen LogP contribution in [-0.2, 0) is 0 Å². The Hall–Kier alpha value is -3.54. The summed E-state index contributed by atoms with van der Waals surface area (Å²) in [4.78, 5) is 17.4. The molecule has 4 rings (SSSR count). The van der Waals surface area contributed by atoms with Gasteiger partial charge in [-0.2, -0.15) is 0 Å². The molecular formula is C21H19N3O3. The molecule has 0 fully saturated rings. The lowest BCUT2D eigenvalue weighted by Gasteiger charge is -2.08. The lowest BCUT2D eigenvalue weighted by molar-refractivity contribution is 0.414. The Kier molecular flexibility index (Phi) is 4.16. The van der Waals surface area contributed by atoms with Crippen LogP contribution in [0.2, 0.25) is 0 Å². The first-order chi connectivity index (χ1) is 13.1. The normalized spacial score (nSPS) is 10.9. The van der Waals surface area contributed by atoms with Crippen LogP contribution >= 0.6 is 0 Å². The van der Waals surface area contributed by atoms with E-state index in [-0.39, 0.29) is 5.56 Å². The monoisotopic (exact) mass is 361 g/mol. The number of nitrogens with zero attached hydrogens (tertiary/aromatic N) is 2. The highest BCUT2D eigenvalue weighted by Crippen LogP contribution is 2.30. The van der Waals surface area contributed by atoms with Gasteiger partial charge >= 0.3 is 0 Å². The van der Waals surface area contributed by atoms with Crippen molar-refractivity contribution >= 4 is 10.9 Å². The van der Waals surface area contributed by atoms with E-state index in [1.54, 1.807) is 20.4 Å². The number of benzene rings is 2. The number of rotatable bonds is 4. The standard InChI is InChI=1S/C21H19N3O3/c1-13-19(14-4-8-16(26-2)9-5-14)20-18(12-22-13)21(25)24(23-20)15-6-10-17(27-3)11-7-15/h4-12,23H,1-3H3. The molecule has 0 aliphatic heterocycles. The minimum atomic E-state index is -0.141. The van der Waals surface area contributed by atoms with Crippen molar-refractivity contribution in [1.29, 1.82) is 0 Å². The molecule has 0 aliphatic carbocycles. The second-order valence-electron chi connectivity index (χ2n) is 6.19. The van der Waals surface area contributed by atoms with Gasteiger partial charge in [0.2, 0.25) is 0 Å². The van der Waals surface area contributed by atoms with Crippen LogP contribution in [0.1, 0.15) is 5.69 Å². The smallest absolute Gasteiger partial charge is 0.280 e. The van der Waals surface area contributed by atoms with Gasteiger partial charge in [-0.05, 0) is 48.9 Å². The Morgan fingerprint density at radius 2 is 1.52 bits per heavy atom. The zero-order valence-corrected chi connectivity index (χ0v) is 15.3. The molecule has 0 unspecified atom stereocenters. The van der Waals surface area contributed by atoms with Gasteiger partial charge in [-0.1, -0.05) is 12.1 Å². The number of fused-ring (bicyclic) bond motifs is 1. The third-order valence-corrected chi connectivity index (χ3v) is 4.63. The molecule has 6 nitrogen and oxygen atoms in total. The van der Waals surface area contributed by atoms with Gasteiger partial charge in [0.05, 0.1) is 30.8 Å². The molecule has 2 aromatic carbocycles. The van der Waals surface area contributed by atoms with E-state index in [0.717, 1.165) is 39.5 Å². The van der Waals surface area contributed by atoms with Crippen LogP contribution in [0, 0.1) is 6.92 Å². The van der Waals surface area contributed by atoms with E-state index < -0.39 is 0 Å². The summed E-state index contributed by atoms with van der Waals surface area (Å²) < 4.78 is 11.9. The maximum atomic E-state index is 12.9. The number of ether oxygens (including phenoxy) is 2. The number of methoxy groups -OCH3 is 2. The van der Waals surface area contributed by atoms with Crippen LogP contribution < -0.4 is 15.0 Å². The quantitative estimate of drug-likeness (QED) is 0.602. The lowest BCUT2D eigenvalue weighted by atomic mass is 10.0. The molecular weight excluding hydrogens is 342 g/mol. The Bertz CT molecular complexity index is 1160. The van der Waals surface area contributed by atoms with Crippen molar-refractivity contribution in [3.63, 3.8) is 0 Å². The van der Waals surface area contributed by atoms with Gasteiger partial charge in [-0.3, -0.25) is 14.9 Å². The number of aromatic nitrogens is 3. The third-order valence-electron chi connectivity index (χ3n) is 4.63. The number of aromatic amines is 1. The van der Waals surface area contributed by atoms with E-state index in [1.165, 1.54) is 4.68 Å². The predicted octanol–water partition coefficient (Wildman–Crippen LogP) is 3.71. The largest absolute Gasteiger partial charge is 0.497 e. The van der Waals surface area contributed by atoms with Crippen LogP contribution in [0.15, 0.2) is 59.5 Å². The van der Waals surface area contributed by atoms with Crippen molar-refractivity contribution in [2.75, 3.05) is 14.2 Å². The summed E-state index contributed by atoms with van der Waals surface area (Å²) in [5, 5.41) is 3.79. The highest BCUT2D eigenvalue weighted by molar-refractivity contribution is 5.94. The van der Waals surface area contributed by atoms with E-state index in [0.29, 0.717) is 5.39 Å². The Morgan fingerprint density at radius 3 is 2.11 bits per heavy atom. The molecule has 0 aliphatic rings. The Morgan fingerprint density at radius 1 is 0.926 bits per heavy atom. The van der Waals surface area contributed by atoms with Crippen molar-refractivity contribution in [2.45, 2.75) is 6.92 Å². The van der Waals surface area contributed by atoms with E-state index in [9.17, 15) is 4.79 Å². The summed E-state index contributed by atoms with van der Waals surface area (Å²) in [5.41, 5.74) is 4.06. The molecule has 6 heteroatoms. The second kappa shape index (κ2) is 6.64. The fraction of sp³-hybridized carbons (Fsp3) is 0.143. The average Bonchev–Trinajstić information content (AvgIpc) is 3.04. The number of hydrogen-bond donors (Lipinski definition) is 1. The molecule has 0 amide bonds. The van der Waals surface area contributed by atoms with Crippen molar-refractivity contribution < 1.29 is 9.47 Å². The van der Waals surface area contributed by atoms with Crippen LogP contribution in [0.25, 0.3) is 27.7 Å². The van der Waals surface area contributed by atoms with E-state index in [1.807, 2.05) is 55.5 Å². The molecule has 136 valence electrons. The van der Waals surface area contributed by atoms with Gasteiger partial charge in [-0.25, -0.2) is 4.68 Å². The summed E-state index contributed by atoms with van der Waals surface area (Å²) in [6.45, 7) is 1.93. The second-order valence-corrected chi connectivity index (χ2v) is 6.19. The Balaban J connectivity index is 1.92. The first-order valence-corrected chi connectivity index (χ1v) is 8.51. The highest BCUT2D eigenvalue weighted by atomic mass is 16.5. The first kappa shape index (κ1) is 16.9. The summed E-state index contributed by atoms with van der Waals surface area (Å²) in [7, 11) is 3.24. The first-order valence-electron chi connectivity index (χ1n) is 8.51. The minimum absolute atomic E-state index is 0.141. The lowest BCUT2D eigenvalue weighted by Crippen LogP contribution is -2.14. The van der Waals surface area contributed by atoms with Crippen molar-refractivity contribution in [1.82, 2.24) is 14.8 Å². The molecule has 0 bridgehead atoms. The van der Waals surface area contributed by atoms with Crippen LogP contribution in [0.5, 0.6) is 11.5 Å². The fourth-order valence-electron chi connectivity index (χ4n) is 3.19. The van der Waals surface area contributed by atoms with Gasteiger partial charge in [0.15, 0.2) is 0 Å². The van der Waals surface area contributed by atoms with Gasteiger partial charge in [0.1, 0.15) is 11.5 Å². The SMILES string of the molecule is COc1ccc(-c2c(C)ncc3c(=O)n(-c4ccc(OC)cc4)[nH]c23)cc1. The maximum absolute atomic E-state index is 12.9. The molecule has 2 heterocycles. The number of aryl methyl sites for hydroxylation is 1. The molecule has 4 aromatic rings. The van der Waals surface area contributed by atoms with Crippen LogP contribution in [0.3, 0.4) is 0 Å². The van der Waals surface area contributed by atoms with Gasteiger partial charge < -0.3 is 9.47 Å². The summed E-state index contributed by atoms with van der Waals surface area (Å²) >= 11 is 0. The number of pyridine rings is 1. The molecule has 0 atom stereocenters. The average molecular weight is 361 g/mol. The van der Waals surface area contributed by atoms with E-state index in [2.05, 4.69) is 10.1 Å². The predicted molar refractivity (Wildman–Crippen MR) is 105 cm³/mol. The maximum Gasteiger partial charge on any atom is 0.280 e. The highest BCUT2D eigenvalue weighted by Gasteiger charge is 2.16. The molecule has 0 radical (unpaired) electrons. The topological polar surface area (TPSA) is 69.1 Å². The van der Waals surface area contributed by atoms with Crippen molar-refractivity contribution in [3.8, 4) is 28.3 Å². The number of H-pyrrole nitrogens is 1. The molecule has 0 saturated carbocycles. The van der Waals surface area contributed by atoms with Gasteiger partial charge in [0, 0.05) is 17.5 Å². The minimum Gasteiger partial charge on any atom is -0.497 e. The molecule has 0 spiro atoms. The summed E-state index contributed by atoms with van der Waals surface area (Å²) in [6, 6.07) is 15.0. The Labute approximate surface area is 156 Å². The van der Waals surface area contributed by atoms with Crippen LogP contribution in [0.4, 0.5) is 0 Å². The number of hydrogen-bond acceptors (Lipinski definition) is 4. The summed E-state index contributed by atoms with van der Waals surface area (Å²) in [5.74, 6) is 1.51. The molecule has 27 heavy (non-hydrogen) atoms. The van der Waals surface area contributed by atoms with Gasteiger partial charge in [-0.15, -0.1) is 0 Å².